The molecule has 0 fully saturated rings. The normalized spacial score (nSPS) is 11.5. The average Bonchev–Trinajstić information content (AvgIpc) is 3.10. The molecule has 0 amide bonds. The van der Waals surface area contributed by atoms with Gasteiger partial charge in [-0.15, -0.1) is 0 Å². The van der Waals surface area contributed by atoms with Crippen LogP contribution < -0.4 is 5.56 Å². The Morgan fingerprint density at radius 1 is 0.929 bits per heavy atom. The Morgan fingerprint density at radius 2 is 1.68 bits per heavy atom. The average molecular weight is 367 g/mol. The van der Waals surface area contributed by atoms with Gasteiger partial charge in [0.2, 0.25) is 5.78 Å². The van der Waals surface area contributed by atoms with Crippen molar-refractivity contribution in [3.63, 3.8) is 0 Å². The Hall–Kier alpha value is -3.73. The zero-order valence-electron chi connectivity index (χ0n) is 15.3. The van der Waals surface area contributed by atoms with Gasteiger partial charge in [0.25, 0.3) is 5.56 Å². The highest BCUT2D eigenvalue weighted by molar-refractivity contribution is 6.00. The minimum atomic E-state index is -0.143. The van der Waals surface area contributed by atoms with Crippen molar-refractivity contribution in [2.24, 2.45) is 0 Å². The van der Waals surface area contributed by atoms with E-state index in [0.29, 0.717) is 17.0 Å². The maximum atomic E-state index is 13.0. The molecule has 0 bridgehead atoms. The molecule has 0 unspecified atom stereocenters. The second-order valence-corrected chi connectivity index (χ2v) is 6.93. The minimum absolute atomic E-state index is 0.0218. The highest BCUT2D eigenvalue weighted by Gasteiger charge is 2.15. The van der Waals surface area contributed by atoms with E-state index in [4.69, 9.17) is 0 Å². The van der Waals surface area contributed by atoms with Crippen LogP contribution in [0.4, 0.5) is 0 Å². The summed E-state index contributed by atoms with van der Waals surface area (Å²) in [7, 11) is 0. The monoisotopic (exact) mass is 367 g/mol. The van der Waals surface area contributed by atoms with Crippen molar-refractivity contribution >= 4 is 33.4 Å². The number of para-hydroxylation sites is 2. The third-order valence-electron chi connectivity index (χ3n) is 5.14. The lowest BCUT2D eigenvalue weighted by molar-refractivity contribution is 0.0972. The molecule has 0 spiro atoms. The first-order valence-corrected chi connectivity index (χ1v) is 9.11. The van der Waals surface area contributed by atoms with Crippen molar-refractivity contribution in [2.75, 3.05) is 0 Å². The molecule has 0 N–H and O–H groups in total. The fourth-order valence-electron chi connectivity index (χ4n) is 3.68. The molecule has 0 aliphatic rings. The van der Waals surface area contributed by atoms with Gasteiger partial charge in [0.15, 0.2) is 5.78 Å². The number of Topliss-reactive ketones (excluding diaryl/α,β-unsaturated/α-hetero) is 1. The van der Waals surface area contributed by atoms with E-state index in [1.165, 1.54) is 0 Å². The lowest BCUT2D eigenvalue weighted by atomic mass is 10.0. The molecule has 0 saturated heterocycles. The largest absolute Gasteiger partial charge is 0.308 e. The van der Waals surface area contributed by atoms with Crippen LogP contribution in [0.3, 0.4) is 0 Å². The highest BCUT2D eigenvalue weighted by atomic mass is 16.1. The highest BCUT2D eigenvalue weighted by Crippen LogP contribution is 2.19. The minimum Gasteiger partial charge on any atom is -0.308 e. The zero-order chi connectivity index (χ0) is 19.3. The smallest absolute Gasteiger partial charge is 0.259 e. The number of fused-ring (bicyclic) bond motifs is 4. The summed E-state index contributed by atoms with van der Waals surface area (Å²) in [5.74, 6) is 0.465. The molecule has 28 heavy (non-hydrogen) atoms. The van der Waals surface area contributed by atoms with Crippen LogP contribution in [0.1, 0.15) is 16.1 Å². The lowest BCUT2D eigenvalue weighted by Gasteiger charge is -2.12. The van der Waals surface area contributed by atoms with E-state index in [0.717, 1.165) is 21.8 Å². The Kier molecular flexibility index (Phi) is 3.62. The zero-order valence-corrected chi connectivity index (χ0v) is 15.3. The first kappa shape index (κ1) is 16.4. The van der Waals surface area contributed by atoms with Gasteiger partial charge < -0.3 is 4.57 Å². The third kappa shape index (κ3) is 2.52. The van der Waals surface area contributed by atoms with Crippen molar-refractivity contribution in [1.82, 2.24) is 14.0 Å². The van der Waals surface area contributed by atoms with Gasteiger partial charge in [0.1, 0.15) is 0 Å². The number of hydrogen-bond donors (Lipinski definition) is 0. The summed E-state index contributed by atoms with van der Waals surface area (Å²) < 4.78 is 3.37. The molecule has 2 aromatic heterocycles. The van der Waals surface area contributed by atoms with Gasteiger partial charge in [-0.3, -0.25) is 9.59 Å². The SMILES string of the molecule is Cc1cc(=O)n2c3ccccc3nc2n1CC(=O)c1ccc2ccccc2c1. The number of aryl methyl sites for hydroxylation is 1. The first-order chi connectivity index (χ1) is 13.6. The third-order valence-corrected chi connectivity index (χ3v) is 5.14. The fraction of sp³-hybridized carbons (Fsp3) is 0.0870. The summed E-state index contributed by atoms with van der Waals surface area (Å²) in [5.41, 5.74) is 2.69. The molecule has 0 atom stereocenters. The van der Waals surface area contributed by atoms with Gasteiger partial charge in [-0.2, -0.15) is 0 Å². The van der Waals surface area contributed by atoms with E-state index >= 15 is 0 Å². The Bertz CT molecular complexity index is 1440. The topological polar surface area (TPSA) is 56.4 Å². The van der Waals surface area contributed by atoms with Crippen molar-refractivity contribution in [2.45, 2.75) is 13.5 Å². The van der Waals surface area contributed by atoms with E-state index < -0.39 is 0 Å². The van der Waals surface area contributed by atoms with Crippen molar-refractivity contribution < 1.29 is 4.79 Å². The van der Waals surface area contributed by atoms with E-state index in [1.54, 1.807) is 15.0 Å². The molecule has 3 aromatic carbocycles. The number of nitrogens with zero attached hydrogens (tertiary/aromatic N) is 3. The summed E-state index contributed by atoms with van der Waals surface area (Å²) in [5, 5.41) is 2.13. The van der Waals surface area contributed by atoms with Crippen LogP contribution in [-0.2, 0) is 6.54 Å². The van der Waals surface area contributed by atoms with Gasteiger partial charge in [-0.05, 0) is 35.9 Å². The van der Waals surface area contributed by atoms with E-state index in [2.05, 4.69) is 4.98 Å². The number of rotatable bonds is 3. The predicted octanol–water partition coefficient (Wildman–Crippen LogP) is 3.99. The maximum absolute atomic E-state index is 13.0. The van der Waals surface area contributed by atoms with Crippen molar-refractivity contribution in [3.8, 4) is 0 Å². The summed E-state index contributed by atoms with van der Waals surface area (Å²) >= 11 is 0. The molecule has 0 radical (unpaired) electrons. The Labute approximate surface area is 160 Å². The molecule has 5 heteroatoms. The van der Waals surface area contributed by atoms with Crippen LogP contribution in [0.15, 0.2) is 77.6 Å². The molecule has 5 nitrogen and oxygen atoms in total. The van der Waals surface area contributed by atoms with E-state index in [-0.39, 0.29) is 17.9 Å². The molecule has 0 aliphatic heterocycles. The number of carbonyl (C=O) groups is 1. The number of benzene rings is 3. The van der Waals surface area contributed by atoms with Crippen LogP contribution in [0.25, 0.3) is 27.6 Å². The molecule has 5 aromatic rings. The number of aromatic nitrogens is 3. The first-order valence-electron chi connectivity index (χ1n) is 9.11. The van der Waals surface area contributed by atoms with Crippen LogP contribution in [0, 0.1) is 6.92 Å². The van der Waals surface area contributed by atoms with Gasteiger partial charge >= 0.3 is 0 Å². The molecule has 5 rings (SSSR count). The fourth-order valence-corrected chi connectivity index (χ4v) is 3.68. The quantitative estimate of drug-likeness (QED) is 0.453. The van der Waals surface area contributed by atoms with E-state index in [9.17, 15) is 9.59 Å². The van der Waals surface area contributed by atoms with Gasteiger partial charge in [-0.1, -0.05) is 48.5 Å². The second-order valence-electron chi connectivity index (χ2n) is 6.93. The predicted molar refractivity (Wildman–Crippen MR) is 110 cm³/mol. The maximum Gasteiger partial charge on any atom is 0.259 e. The second kappa shape index (κ2) is 6.16. The van der Waals surface area contributed by atoms with Gasteiger partial charge in [0, 0.05) is 17.3 Å². The standard InChI is InChI=1S/C23H17N3O2/c1-15-12-22(28)26-20-9-5-4-8-19(20)24-23(26)25(15)14-21(27)18-11-10-16-6-2-3-7-17(16)13-18/h2-13H,14H2,1H3. The number of carbonyl (C=O) groups excluding carboxylic acids is 1. The summed E-state index contributed by atoms with van der Waals surface area (Å²) in [6.07, 6.45) is 0. The van der Waals surface area contributed by atoms with Gasteiger partial charge in [0.05, 0.1) is 17.6 Å². The molecule has 136 valence electrons. The molecular weight excluding hydrogens is 350 g/mol. The molecular formula is C23H17N3O2. The van der Waals surface area contributed by atoms with Crippen LogP contribution >= 0.6 is 0 Å². The van der Waals surface area contributed by atoms with Crippen LogP contribution in [-0.4, -0.2) is 19.7 Å². The number of imidazole rings is 1. The number of ketones is 1. The summed E-state index contributed by atoms with van der Waals surface area (Å²) in [6.45, 7) is 1.95. The summed E-state index contributed by atoms with van der Waals surface area (Å²) in [4.78, 5) is 30.2. The Balaban J connectivity index is 1.64. The lowest BCUT2D eigenvalue weighted by Crippen LogP contribution is -2.22. The van der Waals surface area contributed by atoms with Gasteiger partial charge in [-0.25, -0.2) is 9.38 Å². The number of hydrogen-bond acceptors (Lipinski definition) is 3. The molecule has 0 aliphatic carbocycles. The van der Waals surface area contributed by atoms with E-state index in [1.807, 2.05) is 73.7 Å². The summed E-state index contributed by atoms with van der Waals surface area (Å²) in [6, 6.07) is 22.7. The molecule has 2 heterocycles. The van der Waals surface area contributed by atoms with Crippen LogP contribution in [0.2, 0.25) is 0 Å². The van der Waals surface area contributed by atoms with Crippen molar-refractivity contribution in [1.29, 1.82) is 0 Å². The van der Waals surface area contributed by atoms with Crippen LogP contribution in [0.5, 0.6) is 0 Å². The Morgan fingerprint density at radius 3 is 2.54 bits per heavy atom. The van der Waals surface area contributed by atoms with Crippen molar-refractivity contribution in [3.05, 3.63) is 94.4 Å². The molecule has 0 saturated carbocycles.